The van der Waals surface area contributed by atoms with Crippen LogP contribution < -0.4 is 0 Å². The van der Waals surface area contributed by atoms with Crippen LogP contribution in [0.1, 0.15) is 0 Å². The SMILES string of the molecule is C[N+](C)=C(n1nnc2cccnc21)[N+](C)(C)[O-]. The van der Waals surface area contributed by atoms with Gasteiger partial charge in [0.15, 0.2) is 5.52 Å². The smallest absolute Gasteiger partial charge is 0.479 e. The molecule has 0 saturated heterocycles. The molecule has 0 saturated carbocycles. The number of rotatable bonds is 0. The average Bonchev–Trinajstić information content (AvgIpc) is 2.60. The van der Waals surface area contributed by atoms with E-state index in [0.717, 1.165) is 0 Å². The van der Waals surface area contributed by atoms with Gasteiger partial charge in [-0.15, -0.1) is 5.10 Å². The van der Waals surface area contributed by atoms with E-state index in [2.05, 4.69) is 15.3 Å². The van der Waals surface area contributed by atoms with Crippen LogP contribution in [0.15, 0.2) is 18.3 Å². The summed E-state index contributed by atoms with van der Waals surface area (Å²) >= 11 is 0. The first-order valence-electron chi connectivity index (χ1n) is 5.18. The molecular weight excluding hydrogens is 220 g/mol. The summed E-state index contributed by atoms with van der Waals surface area (Å²) in [5.74, 6) is 0.450. The van der Waals surface area contributed by atoms with Crippen LogP contribution in [0.4, 0.5) is 0 Å². The Labute approximate surface area is 98.8 Å². The molecule has 2 aromatic rings. The van der Waals surface area contributed by atoms with Crippen molar-refractivity contribution in [1.29, 1.82) is 0 Å². The van der Waals surface area contributed by atoms with Crippen molar-refractivity contribution in [3.05, 3.63) is 23.5 Å². The zero-order valence-corrected chi connectivity index (χ0v) is 10.3. The van der Waals surface area contributed by atoms with Crippen molar-refractivity contribution >= 4 is 17.1 Å². The van der Waals surface area contributed by atoms with Gasteiger partial charge in [-0.05, 0) is 16.8 Å². The first-order chi connectivity index (χ1) is 7.91. The van der Waals surface area contributed by atoms with Crippen molar-refractivity contribution in [2.24, 2.45) is 0 Å². The molecule has 0 aromatic carbocycles. The second-order valence-electron chi connectivity index (χ2n) is 4.39. The van der Waals surface area contributed by atoms with Gasteiger partial charge in [0.1, 0.15) is 0 Å². The molecule has 0 unspecified atom stereocenters. The molecule has 2 heterocycles. The lowest BCUT2D eigenvalue weighted by Crippen LogP contribution is -2.48. The third kappa shape index (κ3) is 2.02. The van der Waals surface area contributed by atoms with Gasteiger partial charge in [0.25, 0.3) is 5.65 Å². The standard InChI is InChI=1S/C10H15N6O/c1-14(2)10(16(3,4)17)15-9-8(12-13-15)6-5-7-11-9/h5-7H,1-4H3/q+1. The maximum Gasteiger partial charge on any atom is 0.479 e. The summed E-state index contributed by atoms with van der Waals surface area (Å²) in [6, 6.07) is 3.60. The molecule has 0 N–H and O–H groups in total. The lowest BCUT2D eigenvalue weighted by atomic mass is 10.4. The summed E-state index contributed by atoms with van der Waals surface area (Å²) < 4.78 is 2.58. The van der Waals surface area contributed by atoms with Crippen molar-refractivity contribution in [1.82, 2.24) is 20.0 Å². The first-order valence-corrected chi connectivity index (χ1v) is 5.18. The van der Waals surface area contributed by atoms with Crippen LogP contribution in [0.2, 0.25) is 0 Å². The van der Waals surface area contributed by atoms with E-state index >= 15 is 0 Å². The number of nitrogens with zero attached hydrogens (tertiary/aromatic N) is 6. The van der Waals surface area contributed by atoms with Crippen molar-refractivity contribution in [3.8, 4) is 0 Å². The Morgan fingerprint density at radius 1 is 1.41 bits per heavy atom. The lowest BCUT2D eigenvalue weighted by molar-refractivity contribution is -0.777. The third-order valence-electron chi connectivity index (χ3n) is 2.28. The largest absolute Gasteiger partial charge is 0.622 e. The Kier molecular flexibility index (Phi) is 2.64. The van der Waals surface area contributed by atoms with Crippen LogP contribution in [0.25, 0.3) is 11.2 Å². The number of fused-ring (bicyclic) bond motifs is 1. The first kappa shape index (κ1) is 11.6. The number of aromatic nitrogens is 4. The van der Waals surface area contributed by atoms with Crippen LogP contribution in [0, 0.1) is 5.21 Å². The van der Waals surface area contributed by atoms with E-state index in [9.17, 15) is 5.21 Å². The highest BCUT2D eigenvalue weighted by atomic mass is 16.5. The third-order valence-corrected chi connectivity index (χ3v) is 2.28. The van der Waals surface area contributed by atoms with E-state index in [0.29, 0.717) is 17.1 Å². The van der Waals surface area contributed by atoms with Gasteiger partial charge in [-0.3, -0.25) is 4.65 Å². The maximum atomic E-state index is 12.1. The molecule has 0 aliphatic heterocycles. The molecule has 90 valence electrons. The van der Waals surface area contributed by atoms with Gasteiger partial charge >= 0.3 is 5.96 Å². The predicted molar refractivity (Wildman–Crippen MR) is 63.3 cm³/mol. The van der Waals surface area contributed by atoms with Crippen LogP contribution in [0.5, 0.6) is 0 Å². The lowest BCUT2D eigenvalue weighted by Gasteiger charge is -2.28. The summed E-state index contributed by atoms with van der Waals surface area (Å²) in [5.41, 5.74) is 1.25. The molecule has 0 amide bonds. The summed E-state index contributed by atoms with van der Waals surface area (Å²) in [6.45, 7) is 0. The molecule has 0 bridgehead atoms. The normalized spacial score (nSPS) is 11.8. The average molecular weight is 235 g/mol. The second-order valence-corrected chi connectivity index (χ2v) is 4.39. The summed E-state index contributed by atoms with van der Waals surface area (Å²) in [4.78, 5) is 4.20. The molecule has 0 fully saturated rings. The van der Waals surface area contributed by atoms with Gasteiger partial charge in [0, 0.05) is 11.4 Å². The van der Waals surface area contributed by atoms with E-state index in [1.165, 1.54) is 18.8 Å². The topological polar surface area (TPSA) is 69.7 Å². The molecule has 7 heteroatoms. The number of quaternary nitrogens is 1. The van der Waals surface area contributed by atoms with E-state index in [1.54, 1.807) is 30.9 Å². The summed E-state index contributed by atoms with van der Waals surface area (Å²) in [7, 11) is 6.66. The van der Waals surface area contributed by atoms with E-state index in [-0.39, 0.29) is 0 Å². The molecule has 0 aliphatic carbocycles. The minimum absolute atomic E-state index is 0.450. The minimum Gasteiger partial charge on any atom is -0.622 e. The van der Waals surface area contributed by atoms with Crippen LogP contribution >= 0.6 is 0 Å². The fraction of sp³-hybridized carbons (Fsp3) is 0.400. The van der Waals surface area contributed by atoms with Crippen LogP contribution in [-0.2, 0) is 0 Å². The quantitative estimate of drug-likeness (QED) is 0.210. The molecule has 2 rings (SSSR count). The predicted octanol–water partition coefficient (Wildman–Crippen LogP) is -0.123. The minimum atomic E-state index is -0.609. The van der Waals surface area contributed by atoms with E-state index in [1.807, 2.05) is 6.07 Å². The van der Waals surface area contributed by atoms with Gasteiger partial charge in [-0.2, -0.15) is 0 Å². The molecule has 17 heavy (non-hydrogen) atoms. The fourth-order valence-corrected chi connectivity index (χ4v) is 1.80. The zero-order chi connectivity index (χ0) is 12.6. The van der Waals surface area contributed by atoms with Crippen molar-refractivity contribution in [2.45, 2.75) is 0 Å². The van der Waals surface area contributed by atoms with Gasteiger partial charge < -0.3 is 5.21 Å². The number of hydrogen-bond donors (Lipinski definition) is 0. The molecule has 0 spiro atoms. The molecule has 7 nitrogen and oxygen atoms in total. The fourth-order valence-electron chi connectivity index (χ4n) is 1.80. The van der Waals surface area contributed by atoms with Gasteiger partial charge in [0.2, 0.25) is 0 Å². The number of pyridine rings is 1. The monoisotopic (exact) mass is 235 g/mol. The highest BCUT2D eigenvalue weighted by Gasteiger charge is 2.31. The van der Waals surface area contributed by atoms with Crippen LogP contribution in [0.3, 0.4) is 0 Å². The number of hydroxylamine groups is 3. The molecule has 0 radical (unpaired) electrons. The highest BCUT2D eigenvalue weighted by Crippen LogP contribution is 2.09. The van der Waals surface area contributed by atoms with Gasteiger partial charge in [0.05, 0.1) is 28.2 Å². The van der Waals surface area contributed by atoms with Crippen molar-refractivity contribution in [2.75, 3.05) is 28.2 Å². The summed E-state index contributed by atoms with van der Waals surface area (Å²) in [6.07, 6.45) is 1.65. The number of hydrogen-bond acceptors (Lipinski definition) is 4. The van der Waals surface area contributed by atoms with Gasteiger partial charge in [-0.1, -0.05) is 0 Å². The highest BCUT2D eigenvalue weighted by molar-refractivity contribution is 5.82. The molecule has 2 aromatic heterocycles. The second kappa shape index (κ2) is 3.86. The maximum absolute atomic E-state index is 12.1. The molecular formula is C10H15N6O+. The zero-order valence-electron chi connectivity index (χ0n) is 10.3. The summed E-state index contributed by atoms with van der Waals surface area (Å²) in [5, 5.41) is 20.1. The Balaban J connectivity index is 2.71. The Bertz CT molecular complexity index is 576. The molecule has 0 atom stereocenters. The van der Waals surface area contributed by atoms with E-state index < -0.39 is 4.65 Å². The van der Waals surface area contributed by atoms with Crippen molar-refractivity contribution < 1.29 is 9.22 Å². The molecule has 0 aliphatic rings. The Hall–Kier alpha value is -1.86. The van der Waals surface area contributed by atoms with Crippen molar-refractivity contribution in [3.63, 3.8) is 0 Å². The van der Waals surface area contributed by atoms with Gasteiger partial charge in [-0.25, -0.2) is 9.56 Å². The van der Waals surface area contributed by atoms with E-state index in [4.69, 9.17) is 0 Å². The van der Waals surface area contributed by atoms with Crippen LogP contribution in [-0.4, -0.2) is 63.3 Å². The Morgan fingerprint density at radius 2 is 2.12 bits per heavy atom. The Morgan fingerprint density at radius 3 is 2.71 bits per heavy atom.